The number of primary amides is 1. The minimum atomic E-state index is -0.248. The van der Waals surface area contributed by atoms with E-state index in [0.717, 1.165) is 12.3 Å². The lowest BCUT2D eigenvalue weighted by molar-refractivity contribution is -0.120. The van der Waals surface area contributed by atoms with Gasteiger partial charge in [0.15, 0.2) is 0 Å². The van der Waals surface area contributed by atoms with E-state index in [-0.39, 0.29) is 29.1 Å². The van der Waals surface area contributed by atoms with Crippen molar-refractivity contribution in [2.75, 3.05) is 12.3 Å². The van der Waals surface area contributed by atoms with Crippen molar-refractivity contribution in [2.24, 2.45) is 5.73 Å². The van der Waals surface area contributed by atoms with Crippen LogP contribution < -0.4 is 11.1 Å². The van der Waals surface area contributed by atoms with Gasteiger partial charge in [-0.15, -0.1) is 12.4 Å². The van der Waals surface area contributed by atoms with Gasteiger partial charge < -0.3 is 11.1 Å². The smallest absolute Gasteiger partial charge is 0.235 e. The Morgan fingerprint density at radius 2 is 2.25 bits per heavy atom. The molecule has 0 aliphatic carbocycles. The lowest BCUT2D eigenvalue weighted by Gasteiger charge is -2.36. The van der Waals surface area contributed by atoms with Crippen molar-refractivity contribution in [2.45, 2.75) is 24.6 Å². The Morgan fingerprint density at radius 3 is 2.58 bits per heavy atom. The summed E-state index contributed by atoms with van der Waals surface area (Å²) < 4.78 is -0.0515. The molecule has 1 aliphatic heterocycles. The Balaban J connectivity index is 0.00000121. The van der Waals surface area contributed by atoms with Crippen LogP contribution >= 0.6 is 24.2 Å². The lowest BCUT2D eigenvalue weighted by Crippen LogP contribution is -2.56. The maximum absolute atomic E-state index is 10.9. The molecular weight excluding hydrogens is 196 g/mol. The second-order valence-corrected chi connectivity index (χ2v) is 4.99. The van der Waals surface area contributed by atoms with Crippen LogP contribution in [0.1, 0.15) is 13.8 Å². The highest BCUT2D eigenvalue weighted by molar-refractivity contribution is 8.00. The summed E-state index contributed by atoms with van der Waals surface area (Å²) in [7, 11) is 0. The molecule has 12 heavy (non-hydrogen) atoms. The Bertz CT molecular complexity index is 175. The molecule has 0 bridgehead atoms. The summed E-state index contributed by atoms with van der Waals surface area (Å²) in [6.07, 6.45) is 0. The average molecular weight is 211 g/mol. The molecule has 1 atom stereocenters. The van der Waals surface area contributed by atoms with E-state index in [4.69, 9.17) is 5.73 Å². The van der Waals surface area contributed by atoms with Gasteiger partial charge in [-0.3, -0.25) is 4.79 Å². The van der Waals surface area contributed by atoms with Gasteiger partial charge in [0.1, 0.15) is 6.04 Å². The third-order valence-electron chi connectivity index (χ3n) is 1.90. The van der Waals surface area contributed by atoms with Crippen molar-refractivity contribution >= 4 is 30.1 Å². The first-order chi connectivity index (χ1) is 5.04. The third-order valence-corrected chi connectivity index (χ3v) is 3.29. The first kappa shape index (κ1) is 12.1. The molecule has 3 N–H and O–H groups in total. The summed E-state index contributed by atoms with van der Waals surface area (Å²) >= 11 is 1.79. The van der Waals surface area contributed by atoms with Gasteiger partial charge in [0.05, 0.1) is 0 Å². The minimum absolute atomic E-state index is 0. The van der Waals surface area contributed by atoms with Crippen LogP contribution in [-0.2, 0) is 4.79 Å². The summed E-state index contributed by atoms with van der Waals surface area (Å²) in [5.74, 6) is 0.804. The predicted octanol–water partition coefficient (Wildman–Crippen LogP) is 0.377. The van der Waals surface area contributed by atoms with Crippen LogP contribution in [0.2, 0.25) is 0 Å². The lowest BCUT2D eigenvalue weighted by atomic mass is 10.0. The van der Waals surface area contributed by atoms with Crippen molar-refractivity contribution < 1.29 is 4.79 Å². The highest BCUT2D eigenvalue weighted by Gasteiger charge is 2.36. The summed E-state index contributed by atoms with van der Waals surface area (Å²) in [5.41, 5.74) is 5.23. The van der Waals surface area contributed by atoms with Gasteiger partial charge in [-0.1, -0.05) is 0 Å². The molecule has 0 spiro atoms. The van der Waals surface area contributed by atoms with E-state index in [1.807, 2.05) is 13.8 Å². The Hall–Kier alpha value is 0.0700. The minimum Gasteiger partial charge on any atom is -0.368 e. The summed E-state index contributed by atoms with van der Waals surface area (Å²) in [5, 5.41) is 3.11. The maximum Gasteiger partial charge on any atom is 0.235 e. The number of amides is 1. The van der Waals surface area contributed by atoms with Gasteiger partial charge in [-0.25, -0.2) is 0 Å². The number of nitrogens with one attached hydrogen (secondary N) is 1. The first-order valence-electron chi connectivity index (χ1n) is 3.71. The monoisotopic (exact) mass is 210 g/mol. The Labute approximate surface area is 83.3 Å². The molecular formula is C7H15ClN2OS. The highest BCUT2D eigenvalue weighted by atomic mass is 35.5. The zero-order valence-corrected chi connectivity index (χ0v) is 8.93. The van der Waals surface area contributed by atoms with Gasteiger partial charge in [-0.05, 0) is 13.8 Å². The van der Waals surface area contributed by atoms with Gasteiger partial charge in [0.2, 0.25) is 5.91 Å². The molecule has 1 amide bonds. The molecule has 1 unspecified atom stereocenters. The van der Waals surface area contributed by atoms with E-state index >= 15 is 0 Å². The zero-order valence-electron chi connectivity index (χ0n) is 7.29. The van der Waals surface area contributed by atoms with Crippen molar-refractivity contribution in [3.63, 3.8) is 0 Å². The van der Waals surface area contributed by atoms with Crippen molar-refractivity contribution in [1.82, 2.24) is 5.32 Å². The second-order valence-electron chi connectivity index (χ2n) is 3.24. The third kappa shape index (κ3) is 2.54. The molecule has 1 heterocycles. The molecule has 0 saturated carbocycles. The fourth-order valence-corrected chi connectivity index (χ4v) is 2.40. The molecule has 0 aromatic carbocycles. The molecule has 1 saturated heterocycles. The number of rotatable bonds is 1. The van der Waals surface area contributed by atoms with E-state index in [9.17, 15) is 4.79 Å². The molecule has 1 rings (SSSR count). The highest BCUT2D eigenvalue weighted by Crippen LogP contribution is 2.30. The summed E-state index contributed by atoms with van der Waals surface area (Å²) in [6, 6.07) is -0.179. The fraction of sp³-hybridized carbons (Fsp3) is 0.857. The SMILES string of the molecule is CC1(C)SCCNC1C(N)=O.Cl. The number of halogens is 1. The predicted molar refractivity (Wildman–Crippen MR) is 54.8 cm³/mol. The molecule has 0 radical (unpaired) electrons. The molecule has 0 aromatic heterocycles. The van der Waals surface area contributed by atoms with Gasteiger partial charge in [0, 0.05) is 17.0 Å². The number of hydrogen-bond acceptors (Lipinski definition) is 3. The Morgan fingerprint density at radius 1 is 1.67 bits per heavy atom. The fourth-order valence-electron chi connectivity index (χ4n) is 1.29. The van der Waals surface area contributed by atoms with Crippen molar-refractivity contribution in [1.29, 1.82) is 0 Å². The van der Waals surface area contributed by atoms with Gasteiger partial charge in [-0.2, -0.15) is 11.8 Å². The Kier molecular flexibility index (Phi) is 4.37. The molecule has 5 heteroatoms. The van der Waals surface area contributed by atoms with Crippen LogP contribution in [0.25, 0.3) is 0 Å². The molecule has 0 aromatic rings. The van der Waals surface area contributed by atoms with Crippen LogP contribution in [-0.4, -0.2) is 29.0 Å². The molecule has 72 valence electrons. The van der Waals surface area contributed by atoms with Crippen LogP contribution in [0.3, 0.4) is 0 Å². The number of hydrogen-bond donors (Lipinski definition) is 2. The van der Waals surface area contributed by atoms with E-state index in [2.05, 4.69) is 5.32 Å². The average Bonchev–Trinajstić information content (AvgIpc) is 1.85. The molecule has 1 aliphatic rings. The topological polar surface area (TPSA) is 55.1 Å². The van der Waals surface area contributed by atoms with Crippen molar-refractivity contribution in [3.8, 4) is 0 Å². The van der Waals surface area contributed by atoms with Gasteiger partial charge >= 0.3 is 0 Å². The van der Waals surface area contributed by atoms with Crippen LogP contribution in [0.4, 0.5) is 0 Å². The summed E-state index contributed by atoms with van der Waals surface area (Å²) in [6.45, 7) is 4.96. The van der Waals surface area contributed by atoms with E-state index in [0.29, 0.717) is 0 Å². The number of carbonyl (C=O) groups is 1. The zero-order chi connectivity index (χ0) is 8.48. The van der Waals surface area contributed by atoms with E-state index in [1.54, 1.807) is 11.8 Å². The van der Waals surface area contributed by atoms with Crippen molar-refractivity contribution in [3.05, 3.63) is 0 Å². The first-order valence-corrected chi connectivity index (χ1v) is 4.69. The number of thioether (sulfide) groups is 1. The standard InChI is InChI=1S/C7H14N2OS.ClH/c1-7(2)5(6(8)10)9-3-4-11-7;/h5,9H,3-4H2,1-2H3,(H2,8,10);1H. The second kappa shape index (κ2) is 4.35. The largest absolute Gasteiger partial charge is 0.368 e. The van der Waals surface area contributed by atoms with Crippen LogP contribution in [0.15, 0.2) is 0 Å². The number of nitrogens with two attached hydrogens (primary N) is 1. The quantitative estimate of drug-likeness (QED) is 0.658. The molecule has 1 fully saturated rings. The number of carbonyl (C=O) groups excluding carboxylic acids is 1. The molecule has 3 nitrogen and oxygen atoms in total. The maximum atomic E-state index is 10.9. The van der Waals surface area contributed by atoms with E-state index < -0.39 is 0 Å². The van der Waals surface area contributed by atoms with E-state index in [1.165, 1.54) is 0 Å². The normalized spacial score (nSPS) is 27.3. The van der Waals surface area contributed by atoms with Gasteiger partial charge in [0.25, 0.3) is 0 Å². The van der Waals surface area contributed by atoms with Crippen LogP contribution in [0.5, 0.6) is 0 Å². The summed E-state index contributed by atoms with van der Waals surface area (Å²) in [4.78, 5) is 10.9. The van der Waals surface area contributed by atoms with Crippen LogP contribution in [0, 0.1) is 0 Å².